The van der Waals surface area contributed by atoms with Gasteiger partial charge in [-0.05, 0) is 32.4 Å². The zero-order valence-electron chi connectivity index (χ0n) is 15.6. The minimum Gasteiger partial charge on any atom is -0.379 e. The Morgan fingerprint density at radius 3 is 2.09 bits per heavy atom. The first-order valence-corrected chi connectivity index (χ1v) is 8.62. The number of amides is 1. The third-order valence-electron chi connectivity index (χ3n) is 2.88. The predicted octanol–water partition coefficient (Wildman–Crippen LogP) is 2.55. The maximum absolute atomic E-state index is 11.7. The fraction of sp³-hybridized carbons (Fsp3) is 0.941. The number of carbonyl (C=O) groups is 1. The normalized spacial score (nSPS) is 10.3. The highest BCUT2D eigenvalue weighted by atomic mass is 16.5. The summed E-state index contributed by atoms with van der Waals surface area (Å²) in [6.45, 7) is 12.6. The van der Waals surface area contributed by atoms with Crippen molar-refractivity contribution < 1.29 is 14.3 Å². The van der Waals surface area contributed by atoms with Crippen molar-refractivity contribution in [3.05, 3.63) is 0 Å². The van der Waals surface area contributed by atoms with Crippen molar-refractivity contribution in [2.45, 2.75) is 47.0 Å². The van der Waals surface area contributed by atoms with E-state index in [1.54, 1.807) is 4.90 Å². The second-order valence-electron chi connectivity index (χ2n) is 5.45. The minimum atomic E-state index is 0.216. The van der Waals surface area contributed by atoms with E-state index in [2.05, 4.69) is 19.2 Å². The van der Waals surface area contributed by atoms with E-state index >= 15 is 0 Å². The van der Waals surface area contributed by atoms with Gasteiger partial charge < -0.3 is 19.7 Å². The number of ether oxygens (including phenoxy) is 2. The molecule has 1 amide bonds. The first-order chi connectivity index (χ1) is 10.6. The van der Waals surface area contributed by atoms with Gasteiger partial charge in [0.05, 0.1) is 13.2 Å². The molecule has 0 aromatic carbocycles. The van der Waals surface area contributed by atoms with Crippen LogP contribution in [0.2, 0.25) is 0 Å². The van der Waals surface area contributed by atoms with Crippen LogP contribution in [0.5, 0.6) is 0 Å². The largest absolute Gasteiger partial charge is 0.379 e. The molecule has 22 heavy (non-hydrogen) atoms. The van der Waals surface area contributed by atoms with Gasteiger partial charge in [-0.25, -0.2) is 0 Å². The Bertz CT molecular complexity index is 236. The van der Waals surface area contributed by atoms with Gasteiger partial charge in [-0.15, -0.1) is 0 Å². The van der Waals surface area contributed by atoms with Crippen LogP contribution in [0.25, 0.3) is 0 Å². The Labute approximate surface area is 137 Å². The molecule has 5 nitrogen and oxygen atoms in total. The lowest BCUT2D eigenvalue weighted by Crippen LogP contribution is -2.29. The zero-order chi connectivity index (χ0) is 17.2. The summed E-state index contributed by atoms with van der Waals surface area (Å²) in [5.74, 6) is 0.633. The number of carbonyl (C=O) groups excluding carboxylic acids is 1. The molecule has 1 N–H and O–H groups in total. The summed E-state index contributed by atoms with van der Waals surface area (Å²) in [7, 11) is 3.79. The van der Waals surface area contributed by atoms with E-state index < -0.39 is 0 Å². The summed E-state index contributed by atoms with van der Waals surface area (Å²) in [5, 5.41) is 3.07. The molecule has 0 saturated carbocycles. The quantitative estimate of drug-likeness (QED) is 0.530. The Kier molecular flexibility index (Phi) is 19.7. The molecular weight excluding hydrogens is 280 g/mol. The summed E-state index contributed by atoms with van der Waals surface area (Å²) in [6.07, 6.45) is 2.52. The van der Waals surface area contributed by atoms with Crippen molar-refractivity contribution in [1.82, 2.24) is 10.2 Å². The van der Waals surface area contributed by atoms with Crippen LogP contribution < -0.4 is 5.32 Å². The fourth-order valence-corrected chi connectivity index (χ4v) is 1.71. The van der Waals surface area contributed by atoms with E-state index in [0.717, 1.165) is 32.5 Å². The number of nitrogens with zero attached hydrogens (tertiary/aromatic N) is 1. The van der Waals surface area contributed by atoms with Gasteiger partial charge in [0.2, 0.25) is 5.91 Å². The van der Waals surface area contributed by atoms with E-state index in [0.29, 0.717) is 32.2 Å². The summed E-state index contributed by atoms with van der Waals surface area (Å²) in [4.78, 5) is 13.5. The molecule has 0 aliphatic carbocycles. The van der Waals surface area contributed by atoms with Crippen LogP contribution in [0.3, 0.4) is 0 Å². The molecule has 0 heterocycles. The molecule has 0 unspecified atom stereocenters. The third kappa shape index (κ3) is 17.4. The summed E-state index contributed by atoms with van der Waals surface area (Å²) < 4.78 is 10.9. The van der Waals surface area contributed by atoms with Crippen LogP contribution in [0, 0.1) is 5.92 Å². The molecule has 0 atom stereocenters. The second kappa shape index (κ2) is 18.4. The van der Waals surface area contributed by atoms with Gasteiger partial charge >= 0.3 is 0 Å². The van der Waals surface area contributed by atoms with Gasteiger partial charge in [0.1, 0.15) is 0 Å². The van der Waals surface area contributed by atoms with Gasteiger partial charge in [0.15, 0.2) is 0 Å². The smallest absolute Gasteiger partial charge is 0.222 e. The highest BCUT2D eigenvalue weighted by Gasteiger charge is 2.09. The number of nitrogens with one attached hydrogen (secondary N) is 1. The van der Waals surface area contributed by atoms with Crippen molar-refractivity contribution >= 4 is 5.91 Å². The Morgan fingerprint density at radius 1 is 1.05 bits per heavy atom. The number of hydrogen-bond donors (Lipinski definition) is 1. The van der Waals surface area contributed by atoms with Crippen molar-refractivity contribution in [1.29, 1.82) is 0 Å². The summed E-state index contributed by atoms with van der Waals surface area (Å²) >= 11 is 0. The second-order valence-corrected chi connectivity index (χ2v) is 5.45. The monoisotopic (exact) mass is 318 g/mol. The van der Waals surface area contributed by atoms with E-state index in [1.807, 2.05) is 27.9 Å². The molecular formula is C17H38N2O3. The molecule has 0 aliphatic heterocycles. The van der Waals surface area contributed by atoms with Crippen LogP contribution >= 0.6 is 0 Å². The van der Waals surface area contributed by atoms with Crippen molar-refractivity contribution in [2.24, 2.45) is 5.92 Å². The highest BCUT2D eigenvalue weighted by Crippen LogP contribution is 2.03. The molecule has 0 aromatic rings. The molecule has 0 spiro atoms. The van der Waals surface area contributed by atoms with Crippen LogP contribution in [-0.2, 0) is 14.3 Å². The average molecular weight is 319 g/mol. The molecule has 134 valence electrons. The lowest BCUT2D eigenvalue weighted by Gasteiger charge is -2.18. The Morgan fingerprint density at radius 2 is 1.59 bits per heavy atom. The lowest BCUT2D eigenvalue weighted by molar-refractivity contribution is -0.130. The molecule has 0 fully saturated rings. The predicted molar refractivity (Wildman–Crippen MR) is 93.2 cm³/mol. The van der Waals surface area contributed by atoms with Crippen molar-refractivity contribution in [2.75, 3.05) is 53.6 Å². The maximum Gasteiger partial charge on any atom is 0.222 e. The van der Waals surface area contributed by atoms with Crippen molar-refractivity contribution in [3.63, 3.8) is 0 Å². The van der Waals surface area contributed by atoms with E-state index in [1.165, 1.54) is 0 Å². The molecule has 0 saturated heterocycles. The van der Waals surface area contributed by atoms with Gasteiger partial charge in [-0.2, -0.15) is 0 Å². The Balaban J connectivity index is 0. The van der Waals surface area contributed by atoms with Crippen molar-refractivity contribution in [3.8, 4) is 0 Å². The van der Waals surface area contributed by atoms with E-state index in [-0.39, 0.29) is 5.91 Å². The number of hydrogen-bond acceptors (Lipinski definition) is 4. The fourth-order valence-electron chi connectivity index (χ4n) is 1.71. The van der Waals surface area contributed by atoms with Crippen LogP contribution in [0.4, 0.5) is 0 Å². The SMILES string of the molecule is CC.CNCCCOCCOCCCN(C)C(=O)CC(C)C. The van der Waals surface area contributed by atoms with Gasteiger partial charge in [-0.3, -0.25) is 4.79 Å². The summed E-state index contributed by atoms with van der Waals surface area (Å²) in [6, 6.07) is 0. The van der Waals surface area contributed by atoms with Gasteiger partial charge in [-0.1, -0.05) is 27.7 Å². The molecule has 0 radical (unpaired) electrons. The molecule has 5 heteroatoms. The first-order valence-electron chi connectivity index (χ1n) is 8.62. The molecule has 0 aromatic heterocycles. The van der Waals surface area contributed by atoms with Gasteiger partial charge in [0, 0.05) is 33.2 Å². The standard InChI is InChI=1S/C15H32N2O3.C2H6/c1-14(2)13-15(18)17(4)8-6-10-20-12-11-19-9-5-7-16-3;1-2/h14,16H,5-13H2,1-4H3;1-2H3. The van der Waals surface area contributed by atoms with Crippen LogP contribution in [-0.4, -0.2) is 64.4 Å². The highest BCUT2D eigenvalue weighted by molar-refractivity contribution is 5.75. The Hall–Kier alpha value is -0.650. The van der Waals surface area contributed by atoms with Gasteiger partial charge in [0.25, 0.3) is 0 Å². The molecule has 0 rings (SSSR count). The third-order valence-corrected chi connectivity index (χ3v) is 2.88. The first kappa shape index (κ1) is 23.6. The minimum absolute atomic E-state index is 0.216. The topological polar surface area (TPSA) is 50.8 Å². The summed E-state index contributed by atoms with van der Waals surface area (Å²) in [5.41, 5.74) is 0. The molecule has 0 aliphatic rings. The lowest BCUT2D eigenvalue weighted by atomic mass is 10.1. The molecule has 0 bridgehead atoms. The van der Waals surface area contributed by atoms with E-state index in [9.17, 15) is 4.79 Å². The maximum atomic E-state index is 11.7. The number of rotatable bonds is 13. The van der Waals surface area contributed by atoms with Crippen LogP contribution in [0.1, 0.15) is 47.0 Å². The zero-order valence-corrected chi connectivity index (χ0v) is 15.6. The van der Waals surface area contributed by atoms with Crippen LogP contribution in [0.15, 0.2) is 0 Å². The average Bonchev–Trinajstić information content (AvgIpc) is 2.50. The van der Waals surface area contributed by atoms with E-state index in [4.69, 9.17) is 9.47 Å².